The molecule has 12 heavy (non-hydrogen) atoms. The Morgan fingerprint density at radius 2 is 1.83 bits per heavy atom. The Morgan fingerprint density at radius 1 is 1.17 bits per heavy atom. The van der Waals surface area contributed by atoms with Gasteiger partial charge in [-0.25, -0.2) is 0 Å². The fourth-order valence-corrected chi connectivity index (χ4v) is 1.88. The van der Waals surface area contributed by atoms with Crippen LogP contribution in [-0.4, -0.2) is 0 Å². The van der Waals surface area contributed by atoms with Crippen molar-refractivity contribution in [2.24, 2.45) is 0 Å². The number of halogens is 1. The van der Waals surface area contributed by atoms with Crippen molar-refractivity contribution >= 4 is 28.1 Å². The van der Waals surface area contributed by atoms with E-state index < -0.39 is 0 Å². The lowest BCUT2D eigenvalue weighted by molar-refractivity contribution is 1.44. The minimum atomic E-state index is 0.437. The van der Waals surface area contributed by atoms with Gasteiger partial charge in [-0.05, 0) is 24.7 Å². The van der Waals surface area contributed by atoms with Crippen LogP contribution in [0.1, 0.15) is 11.1 Å². The molecular weight excluding hydrogens is 235 g/mol. The van der Waals surface area contributed by atoms with Crippen LogP contribution in [0.5, 0.6) is 0 Å². The van der Waals surface area contributed by atoms with Crippen LogP contribution in [0.15, 0.2) is 18.2 Å². The lowest BCUT2D eigenvalue weighted by Gasteiger charge is -1.96. The summed E-state index contributed by atoms with van der Waals surface area (Å²) in [4.78, 5) is 0. The molecule has 1 unspecified atom stereocenters. The van der Waals surface area contributed by atoms with Gasteiger partial charge in [0.05, 0.1) is 11.1 Å². The first-order valence-electron chi connectivity index (χ1n) is 3.12. The Hall–Kier alpha value is -0.890. The van der Waals surface area contributed by atoms with Crippen LogP contribution in [0.4, 0.5) is 0 Å². The van der Waals surface area contributed by atoms with Gasteiger partial charge in [0.2, 0.25) is 0 Å². The summed E-state index contributed by atoms with van der Waals surface area (Å²) < 4.78 is 0. The smallest absolute Gasteiger partial charge is 0.101 e. The molecule has 0 aliphatic heterocycles. The fraction of sp³-hybridized carbons (Fsp3) is 0. The summed E-state index contributed by atoms with van der Waals surface area (Å²) in [6.07, 6.45) is 0. The Balaban J connectivity index is 3.25. The van der Waals surface area contributed by atoms with Gasteiger partial charge in [-0.1, -0.05) is 21.6 Å². The van der Waals surface area contributed by atoms with Crippen molar-refractivity contribution < 1.29 is 0 Å². The Bertz CT molecular complexity index is 376. The van der Waals surface area contributed by atoms with Crippen LogP contribution in [0, 0.1) is 22.7 Å². The van der Waals surface area contributed by atoms with Gasteiger partial charge in [0.1, 0.15) is 12.1 Å². The number of hydrogen-bond acceptors (Lipinski definition) is 2. The maximum absolute atomic E-state index is 8.66. The van der Waals surface area contributed by atoms with Gasteiger partial charge in [-0.2, -0.15) is 10.5 Å². The van der Waals surface area contributed by atoms with Crippen molar-refractivity contribution in [2.45, 2.75) is 0 Å². The summed E-state index contributed by atoms with van der Waals surface area (Å²) in [6, 6.07) is 9.18. The molecule has 58 valence electrons. The predicted octanol–water partition coefficient (Wildman–Crippen LogP) is 2.04. The maximum Gasteiger partial charge on any atom is 0.101 e. The summed E-state index contributed by atoms with van der Waals surface area (Å²) >= 11 is 3.30. The highest BCUT2D eigenvalue weighted by Crippen LogP contribution is 2.20. The number of nitrogens with zero attached hydrogens (tertiary/aromatic N) is 2. The normalized spacial score (nSPS) is 9.58. The van der Waals surface area contributed by atoms with Gasteiger partial charge < -0.3 is 0 Å². The summed E-state index contributed by atoms with van der Waals surface area (Å²) in [7, 11) is 0.479. The van der Waals surface area contributed by atoms with E-state index in [9.17, 15) is 0 Å². The molecule has 0 radical (unpaired) electrons. The van der Waals surface area contributed by atoms with Crippen molar-refractivity contribution in [3.63, 3.8) is 0 Å². The van der Waals surface area contributed by atoms with Crippen LogP contribution in [-0.2, 0) is 0 Å². The zero-order valence-electron chi connectivity index (χ0n) is 6.00. The standard InChI is InChI=1S/C8H4BrN2P/c9-12-8-2-1-6(4-10)7(3-8)5-11/h1-3,12H. The zero-order valence-corrected chi connectivity index (χ0v) is 8.59. The summed E-state index contributed by atoms with van der Waals surface area (Å²) in [5.41, 5.74) is 0.883. The maximum atomic E-state index is 8.66. The molecule has 0 amide bonds. The van der Waals surface area contributed by atoms with Crippen molar-refractivity contribution in [1.82, 2.24) is 0 Å². The molecule has 0 aromatic heterocycles. The topological polar surface area (TPSA) is 47.6 Å². The number of rotatable bonds is 1. The molecule has 2 nitrogen and oxygen atoms in total. The largest absolute Gasteiger partial charge is 0.192 e. The minimum absolute atomic E-state index is 0.437. The average molecular weight is 239 g/mol. The van der Waals surface area contributed by atoms with Gasteiger partial charge in [0.15, 0.2) is 0 Å². The first-order chi connectivity index (χ1) is 5.81. The van der Waals surface area contributed by atoms with Crippen molar-refractivity contribution in [2.75, 3.05) is 0 Å². The highest BCUT2D eigenvalue weighted by atomic mass is 79.9. The Labute approximate surface area is 80.3 Å². The third kappa shape index (κ3) is 1.83. The molecular formula is C8H4BrN2P. The molecule has 0 heterocycles. The van der Waals surface area contributed by atoms with Crippen molar-refractivity contribution in [1.29, 1.82) is 10.5 Å². The second-order valence-corrected chi connectivity index (χ2v) is 4.03. The van der Waals surface area contributed by atoms with Gasteiger partial charge in [-0.3, -0.25) is 0 Å². The molecule has 1 atom stereocenters. The highest BCUT2D eigenvalue weighted by molar-refractivity contribution is 9.37. The summed E-state index contributed by atoms with van der Waals surface area (Å²) in [5, 5.41) is 18.3. The molecule has 1 rings (SSSR count). The van der Waals surface area contributed by atoms with E-state index >= 15 is 0 Å². The van der Waals surface area contributed by atoms with Gasteiger partial charge >= 0.3 is 0 Å². The Kier molecular flexibility index (Phi) is 3.23. The van der Waals surface area contributed by atoms with Crippen LogP contribution >= 0.6 is 22.8 Å². The molecule has 0 bridgehead atoms. The zero-order chi connectivity index (χ0) is 8.97. The molecule has 0 N–H and O–H groups in total. The number of nitriles is 2. The second-order valence-electron chi connectivity index (χ2n) is 2.08. The molecule has 0 saturated carbocycles. The SMILES string of the molecule is N#Cc1ccc(PBr)cc1C#N. The van der Waals surface area contributed by atoms with E-state index in [2.05, 4.69) is 15.5 Å². The third-order valence-electron chi connectivity index (χ3n) is 1.37. The molecule has 0 fully saturated rings. The van der Waals surface area contributed by atoms with Gasteiger partial charge in [0, 0.05) is 0 Å². The predicted molar refractivity (Wildman–Crippen MR) is 52.7 cm³/mol. The van der Waals surface area contributed by atoms with Crippen LogP contribution in [0.25, 0.3) is 0 Å². The second kappa shape index (κ2) is 4.21. The lowest BCUT2D eigenvalue weighted by Crippen LogP contribution is -1.94. The van der Waals surface area contributed by atoms with E-state index in [1.165, 1.54) is 0 Å². The molecule has 1 aromatic rings. The Morgan fingerprint density at radius 3 is 2.33 bits per heavy atom. The minimum Gasteiger partial charge on any atom is -0.192 e. The quantitative estimate of drug-likeness (QED) is 0.704. The van der Waals surface area contributed by atoms with E-state index in [0.29, 0.717) is 18.4 Å². The van der Waals surface area contributed by atoms with Crippen LogP contribution in [0.2, 0.25) is 0 Å². The molecule has 0 saturated heterocycles. The lowest BCUT2D eigenvalue weighted by atomic mass is 10.1. The first kappa shape index (κ1) is 9.20. The van der Waals surface area contributed by atoms with E-state index in [4.69, 9.17) is 10.5 Å². The van der Waals surface area contributed by atoms with Gasteiger partial charge in [-0.15, -0.1) is 0 Å². The average Bonchev–Trinajstić information content (AvgIpc) is 2.16. The van der Waals surface area contributed by atoms with E-state index in [1.54, 1.807) is 12.1 Å². The third-order valence-corrected chi connectivity index (χ3v) is 3.27. The summed E-state index contributed by atoms with van der Waals surface area (Å²) in [6.45, 7) is 0. The molecule has 1 aromatic carbocycles. The molecule has 0 aliphatic rings. The van der Waals surface area contributed by atoms with E-state index in [-0.39, 0.29) is 0 Å². The molecule has 0 spiro atoms. The number of benzene rings is 1. The highest BCUT2D eigenvalue weighted by Gasteiger charge is 2.00. The van der Waals surface area contributed by atoms with Crippen LogP contribution < -0.4 is 5.30 Å². The number of hydrogen-bond donors (Lipinski definition) is 0. The molecule has 0 aliphatic carbocycles. The fourth-order valence-electron chi connectivity index (χ4n) is 0.793. The van der Waals surface area contributed by atoms with Crippen molar-refractivity contribution in [3.05, 3.63) is 29.3 Å². The molecule has 4 heteroatoms. The van der Waals surface area contributed by atoms with E-state index in [0.717, 1.165) is 5.30 Å². The van der Waals surface area contributed by atoms with E-state index in [1.807, 2.05) is 18.2 Å². The van der Waals surface area contributed by atoms with Gasteiger partial charge in [0.25, 0.3) is 0 Å². The monoisotopic (exact) mass is 238 g/mol. The summed E-state index contributed by atoms with van der Waals surface area (Å²) in [5.74, 6) is 0. The first-order valence-corrected chi connectivity index (χ1v) is 6.38. The van der Waals surface area contributed by atoms with Crippen molar-refractivity contribution in [3.8, 4) is 12.1 Å². The van der Waals surface area contributed by atoms with Crippen LogP contribution in [0.3, 0.4) is 0 Å².